The van der Waals surface area contributed by atoms with Gasteiger partial charge in [0.15, 0.2) is 0 Å². The smallest absolute Gasteiger partial charge is 0.225 e. The number of nitrogens with one attached hydrogen (secondary N) is 2. The van der Waals surface area contributed by atoms with Gasteiger partial charge in [-0.3, -0.25) is 4.90 Å². The van der Waals surface area contributed by atoms with Crippen LogP contribution in [0, 0.1) is 0 Å². The first-order valence-corrected chi connectivity index (χ1v) is 10.5. The molecule has 0 amide bonds. The molecule has 0 unspecified atom stereocenters. The van der Waals surface area contributed by atoms with Crippen molar-refractivity contribution in [3.8, 4) is 5.75 Å². The van der Waals surface area contributed by atoms with E-state index in [1.54, 1.807) is 7.11 Å². The van der Waals surface area contributed by atoms with E-state index in [9.17, 15) is 0 Å². The van der Waals surface area contributed by atoms with E-state index >= 15 is 0 Å². The molecule has 0 radical (unpaired) electrons. The molecule has 4 rings (SSSR count). The van der Waals surface area contributed by atoms with Gasteiger partial charge >= 0.3 is 0 Å². The van der Waals surface area contributed by atoms with Crippen LogP contribution in [0.3, 0.4) is 0 Å². The maximum atomic E-state index is 5.31. The Morgan fingerprint density at radius 1 is 0.967 bits per heavy atom. The molecule has 158 valence electrons. The number of hydrogen-bond donors (Lipinski definition) is 2. The number of anilines is 2. The summed E-state index contributed by atoms with van der Waals surface area (Å²) in [6.45, 7) is 7.02. The highest BCUT2D eigenvalue weighted by atomic mass is 16.5. The average Bonchev–Trinajstić information content (AvgIpc) is 2.79. The highest BCUT2D eigenvalue weighted by molar-refractivity contribution is 5.90. The number of hydrogen-bond acceptors (Lipinski definition) is 7. The van der Waals surface area contributed by atoms with Crippen LogP contribution in [-0.4, -0.2) is 73.2 Å². The number of likely N-dealkylation sites (N-methyl/N-ethyl adjacent to an activating group) is 1. The fraction of sp³-hybridized carbons (Fsp3) is 0.391. The van der Waals surface area contributed by atoms with E-state index in [4.69, 9.17) is 14.7 Å². The Morgan fingerprint density at radius 3 is 2.63 bits per heavy atom. The maximum absolute atomic E-state index is 5.31. The Bertz CT molecular complexity index is 971. The molecule has 1 saturated heterocycles. The summed E-state index contributed by atoms with van der Waals surface area (Å²) in [6, 6.07) is 16.1. The minimum absolute atomic E-state index is 0.624. The van der Waals surface area contributed by atoms with Crippen LogP contribution in [0.2, 0.25) is 0 Å². The van der Waals surface area contributed by atoms with Crippen LogP contribution in [0.5, 0.6) is 5.75 Å². The van der Waals surface area contributed by atoms with Gasteiger partial charge in [0.1, 0.15) is 11.6 Å². The Morgan fingerprint density at radius 2 is 1.80 bits per heavy atom. The van der Waals surface area contributed by atoms with E-state index in [1.807, 2.05) is 36.4 Å². The highest BCUT2D eigenvalue weighted by Gasteiger charge is 2.13. The summed E-state index contributed by atoms with van der Waals surface area (Å²) >= 11 is 0. The lowest BCUT2D eigenvalue weighted by Crippen LogP contribution is -2.45. The number of fused-ring (bicyclic) bond motifs is 1. The first-order valence-electron chi connectivity index (χ1n) is 10.5. The van der Waals surface area contributed by atoms with Gasteiger partial charge in [0.25, 0.3) is 0 Å². The van der Waals surface area contributed by atoms with Gasteiger partial charge < -0.3 is 20.3 Å². The number of aromatic nitrogens is 2. The first kappa shape index (κ1) is 20.4. The molecule has 1 aliphatic heterocycles. The number of piperazine rings is 1. The molecule has 30 heavy (non-hydrogen) atoms. The van der Waals surface area contributed by atoms with E-state index in [0.29, 0.717) is 12.5 Å². The van der Waals surface area contributed by atoms with Crippen LogP contribution in [0.1, 0.15) is 5.56 Å². The monoisotopic (exact) mass is 406 g/mol. The molecule has 0 bridgehead atoms. The van der Waals surface area contributed by atoms with Crippen molar-refractivity contribution in [2.45, 2.75) is 6.54 Å². The fourth-order valence-corrected chi connectivity index (χ4v) is 3.66. The van der Waals surface area contributed by atoms with E-state index in [0.717, 1.165) is 67.3 Å². The van der Waals surface area contributed by atoms with Gasteiger partial charge in [-0.15, -0.1) is 0 Å². The quantitative estimate of drug-likeness (QED) is 0.596. The summed E-state index contributed by atoms with van der Waals surface area (Å²) in [5, 5.41) is 7.94. The largest absolute Gasteiger partial charge is 0.497 e. The van der Waals surface area contributed by atoms with E-state index in [1.165, 1.54) is 0 Å². The third-order valence-electron chi connectivity index (χ3n) is 5.50. The average molecular weight is 407 g/mol. The molecule has 0 spiro atoms. The van der Waals surface area contributed by atoms with Crippen molar-refractivity contribution in [1.82, 2.24) is 19.8 Å². The zero-order valence-electron chi connectivity index (χ0n) is 17.8. The van der Waals surface area contributed by atoms with Gasteiger partial charge in [0, 0.05) is 51.2 Å². The van der Waals surface area contributed by atoms with Gasteiger partial charge in [-0.1, -0.05) is 24.3 Å². The number of nitrogens with zero attached hydrogens (tertiary/aromatic N) is 4. The standard InChI is InChI=1S/C23H30N6O/c1-28-12-14-29(15-13-28)11-10-24-22-20-8-3-4-9-21(20)26-23(27-22)25-17-18-6-5-7-19(16-18)30-2/h3-9,16H,10-15,17H2,1-2H3,(H2,24,25,26,27). The highest BCUT2D eigenvalue weighted by Crippen LogP contribution is 2.22. The first-order chi connectivity index (χ1) is 14.7. The van der Waals surface area contributed by atoms with Crippen LogP contribution in [0.15, 0.2) is 48.5 Å². The summed E-state index contributed by atoms with van der Waals surface area (Å²) in [5.41, 5.74) is 2.05. The van der Waals surface area contributed by atoms with Crippen LogP contribution in [0.25, 0.3) is 10.9 Å². The Labute approximate surface area is 178 Å². The SMILES string of the molecule is COc1cccc(CNc2nc(NCCN3CCN(C)CC3)c3ccccc3n2)c1. The molecule has 3 aromatic rings. The zero-order chi connectivity index (χ0) is 20.8. The summed E-state index contributed by atoms with van der Waals surface area (Å²) in [7, 11) is 3.86. The van der Waals surface area contributed by atoms with Crippen LogP contribution in [-0.2, 0) is 6.54 Å². The summed E-state index contributed by atoms with van der Waals surface area (Å²) in [4.78, 5) is 14.3. The lowest BCUT2D eigenvalue weighted by atomic mass is 10.2. The fourth-order valence-electron chi connectivity index (χ4n) is 3.66. The predicted octanol–water partition coefficient (Wildman–Crippen LogP) is 2.91. The topological polar surface area (TPSA) is 65.6 Å². The van der Waals surface area contributed by atoms with Crippen LogP contribution >= 0.6 is 0 Å². The lowest BCUT2D eigenvalue weighted by molar-refractivity contribution is 0.158. The molecule has 0 atom stereocenters. The van der Waals surface area contributed by atoms with Crippen molar-refractivity contribution in [2.75, 3.05) is 64.1 Å². The number of rotatable bonds is 8. The Kier molecular flexibility index (Phi) is 6.61. The second kappa shape index (κ2) is 9.73. The minimum atomic E-state index is 0.624. The molecular formula is C23H30N6O. The molecule has 7 heteroatoms. The molecule has 2 aromatic carbocycles. The summed E-state index contributed by atoms with van der Waals surface area (Å²) in [5.74, 6) is 2.35. The molecule has 2 heterocycles. The van der Waals surface area contributed by atoms with Crippen molar-refractivity contribution in [2.24, 2.45) is 0 Å². The second-order valence-electron chi connectivity index (χ2n) is 7.69. The molecule has 2 N–H and O–H groups in total. The van der Waals surface area contributed by atoms with Gasteiger partial charge in [0.05, 0.1) is 12.6 Å². The molecular weight excluding hydrogens is 376 g/mol. The predicted molar refractivity (Wildman–Crippen MR) is 122 cm³/mol. The van der Waals surface area contributed by atoms with Crippen molar-refractivity contribution in [3.05, 3.63) is 54.1 Å². The number of ether oxygens (including phenoxy) is 1. The number of para-hydroxylation sites is 1. The summed E-state index contributed by atoms with van der Waals surface area (Å²) < 4.78 is 5.31. The Hall–Kier alpha value is -2.90. The molecule has 7 nitrogen and oxygen atoms in total. The molecule has 1 aliphatic rings. The number of methoxy groups -OCH3 is 1. The third-order valence-corrected chi connectivity index (χ3v) is 5.50. The molecule has 0 saturated carbocycles. The van der Waals surface area contributed by atoms with Gasteiger partial charge in [-0.05, 0) is 36.9 Å². The van der Waals surface area contributed by atoms with Gasteiger partial charge in [-0.2, -0.15) is 4.98 Å². The molecule has 0 aliphatic carbocycles. The minimum Gasteiger partial charge on any atom is -0.497 e. The van der Waals surface area contributed by atoms with Crippen molar-refractivity contribution in [3.63, 3.8) is 0 Å². The normalized spacial score (nSPS) is 15.3. The van der Waals surface area contributed by atoms with E-state index in [2.05, 4.69) is 39.6 Å². The molecule has 1 fully saturated rings. The summed E-state index contributed by atoms with van der Waals surface area (Å²) in [6.07, 6.45) is 0. The lowest BCUT2D eigenvalue weighted by Gasteiger charge is -2.32. The van der Waals surface area contributed by atoms with Gasteiger partial charge in [0.2, 0.25) is 5.95 Å². The number of benzene rings is 2. The zero-order valence-corrected chi connectivity index (χ0v) is 17.8. The van der Waals surface area contributed by atoms with Crippen molar-refractivity contribution in [1.29, 1.82) is 0 Å². The van der Waals surface area contributed by atoms with Gasteiger partial charge in [-0.25, -0.2) is 4.98 Å². The second-order valence-corrected chi connectivity index (χ2v) is 7.69. The van der Waals surface area contributed by atoms with Crippen LogP contribution < -0.4 is 15.4 Å². The maximum Gasteiger partial charge on any atom is 0.225 e. The third kappa shape index (κ3) is 5.17. The van der Waals surface area contributed by atoms with Crippen molar-refractivity contribution >= 4 is 22.7 Å². The van der Waals surface area contributed by atoms with E-state index < -0.39 is 0 Å². The van der Waals surface area contributed by atoms with E-state index in [-0.39, 0.29) is 0 Å². The Balaban J connectivity index is 1.43. The molecule has 1 aromatic heterocycles. The van der Waals surface area contributed by atoms with Crippen molar-refractivity contribution < 1.29 is 4.74 Å². The van der Waals surface area contributed by atoms with Crippen LogP contribution in [0.4, 0.5) is 11.8 Å².